The van der Waals surface area contributed by atoms with Gasteiger partial charge < -0.3 is 15.2 Å². The molecule has 2 unspecified atom stereocenters. The van der Waals surface area contributed by atoms with Crippen LogP contribution in [0, 0.1) is 11.3 Å². The number of nitriles is 1. The molecule has 2 aliphatic rings. The first kappa shape index (κ1) is 22.4. The molecule has 2 N–H and O–H groups in total. The number of benzene rings is 2. The standard InChI is InChI=1S/C12H18N2O.C12H14N2O/c2*13-8-12-10-14(6-7-15-12)9-11-4-2-1-3-5-11/h1-5,12H,6-10,13H2;1-5,12H,6-7,9-10H2. The van der Waals surface area contributed by atoms with E-state index in [2.05, 4.69) is 52.3 Å². The van der Waals surface area contributed by atoms with E-state index in [0.717, 1.165) is 39.3 Å². The molecule has 2 fully saturated rings. The molecule has 6 heteroatoms. The number of nitrogens with zero attached hydrogens (tertiary/aromatic N) is 3. The zero-order valence-corrected chi connectivity index (χ0v) is 17.5. The predicted molar refractivity (Wildman–Crippen MR) is 118 cm³/mol. The van der Waals surface area contributed by atoms with Crippen molar-refractivity contribution in [1.82, 2.24) is 9.80 Å². The van der Waals surface area contributed by atoms with Crippen molar-refractivity contribution in [3.63, 3.8) is 0 Å². The number of hydrogen-bond donors (Lipinski definition) is 1. The number of hydrogen-bond acceptors (Lipinski definition) is 6. The third kappa shape index (κ3) is 7.52. The van der Waals surface area contributed by atoms with Crippen molar-refractivity contribution >= 4 is 0 Å². The second-order valence-corrected chi connectivity index (χ2v) is 7.66. The third-order valence-corrected chi connectivity index (χ3v) is 5.28. The van der Waals surface area contributed by atoms with Crippen LogP contribution in [0.15, 0.2) is 60.7 Å². The molecule has 160 valence electrons. The number of rotatable bonds is 5. The molecular formula is C24H32N4O2. The summed E-state index contributed by atoms with van der Waals surface area (Å²) in [4.78, 5) is 4.66. The van der Waals surface area contributed by atoms with Crippen LogP contribution in [-0.4, -0.2) is 67.9 Å². The fourth-order valence-electron chi connectivity index (χ4n) is 3.67. The predicted octanol–water partition coefficient (Wildman–Crippen LogP) is 2.26. The summed E-state index contributed by atoms with van der Waals surface area (Å²) in [6.07, 6.45) is -0.0510. The van der Waals surface area contributed by atoms with Crippen LogP contribution >= 0.6 is 0 Å². The Balaban J connectivity index is 0.000000171. The van der Waals surface area contributed by atoms with Gasteiger partial charge in [0.05, 0.1) is 25.4 Å². The Kier molecular flexibility index (Phi) is 9.29. The Morgan fingerprint density at radius 1 is 0.833 bits per heavy atom. The Morgan fingerprint density at radius 3 is 1.90 bits per heavy atom. The quantitative estimate of drug-likeness (QED) is 0.818. The highest BCUT2D eigenvalue weighted by Crippen LogP contribution is 2.10. The second-order valence-electron chi connectivity index (χ2n) is 7.66. The van der Waals surface area contributed by atoms with Gasteiger partial charge in [0.1, 0.15) is 0 Å². The summed E-state index contributed by atoms with van der Waals surface area (Å²) >= 11 is 0. The van der Waals surface area contributed by atoms with Crippen LogP contribution < -0.4 is 5.73 Å². The van der Waals surface area contributed by atoms with E-state index in [1.54, 1.807) is 0 Å². The average Bonchev–Trinajstić information content (AvgIpc) is 2.81. The van der Waals surface area contributed by atoms with Gasteiger partial charge in [0.15, 0.2) is 6.10 Å². The van der Waals surface area contributed by atoms with Gasteiger partial charge in [-0.05, 0) is 11.1 Å². The molecule has 0 aliphatic carbocycles. The van der Waals surface area contributed by atoms with Crippen molar-refractivity contribution in [3.05, 3.63) is 71.8 Å². The highest BCUT2D eigenvalue weighted by Gasteiger charge is 2.20. The molecular weight excluding hydrogens is 376 g/mol. The minimum absolute atomic E-state index is 0.211. The Bertz CT molecular complexity index is 766. The van der Waals surface area contributed by atoms with E-state index in [0.29, 0.717) is 19.7 Å². The van der Waals surface area contributed by atoms with Gasteiger partial charge in [0, 0.05) is 45.8 Å². The summed E-state index contributed by atoms with van der Waals surface area (Å²) in [6.45, 7) is 7.56. The van der Waals surface area contributed by atoms with Crippen LogP contribution in [0.3, 0.4) is 0 Å². The van der Waals surface area contributed by atoms with Crippen molar-refractivity contribution in [1.29, 1.82) is 5.26 Å². The molecule has 4 rings (SSSR count). The molecule has 0 spiro atoms. The van der Waals surface area contributed by atoms with Crippen LogP contribution in [0.5, 0.6) is 0 Å². The van der Waals surface area contributed by atoms with Crippen molar-refractivity contribution in [3.8, 4) is 6.07 Å². The van der Waals surface area contributed by atoms with Crippen molar-refractivity contribution in [2.75, 3.05) is 45.9 Å². The summed E-state index contributed by atoms with van der Waals surface area (Å²) < 4.78 is 10.8. The zero-order chi connectivity index (χ0) is 21.0. The van der Waals surface area contributed by atoms with E-state index in [9.17, 15) is 0 Å². The maximum absolute atomic E-state index is 8.77. The molecule has 2 heterocycles. The third-order valence-electron chi connectivity index (χ3n) is 5.28. The fourth-order valence-corrected chi connectivity index (χ4v) is 3.67. The monoisotopic (exact) mass is 408 g/mol. The van der Waals surface area contributed by atoms with Gasteiger partial charge in [0.25, 0.3) is 0 Å². The zero-order valence-electron chi connectivity index (χ0n) is 17.5. The molecule has 2 atom stereocenters. The average molecular weight is 409 g/mol. The van der Waals surface area contributed by atoms with Crippen LogP contribution in [0.4, 0.5) is 0 Å². The topological polar surface area (TPSA) is 74.8 Å². The molecule has 2 aromatic carbocycles. The Morgan fingerprint density at radius 2 is 1.37 bits per heavy atom. The summed E-state index contributed by atoms with van der Waals surface area (Å²) in [7, 11) is 0. The lowest BCUT2D eigenvalue weighted by Gasteiger charge is -2.32. The van der Waals surface area contributed by atoms with E-state index >= 15 is 0 Å². The summed E-state index contributed by atoms with van der Waals surface area (Å²) in [5.74, 6) is 0. The van der Waals surface area contributed by atoms with Crippen molar-refractivity contribution in [2.24, 2.45) is 5.73 Å². The lowest BCUT2D eigenvalue weighted by molar-refractivity contribution is -0.0260. The molecule has 0 aromatic heterocycles. The molecule has 2 aliphatic heterocycles. The molecule has 2 saturated heterocycles. The summed E-state index contributed by atoms with van der Waals surface area (Å²) in [6, 6.07) is 23.0. The smallest absolute Gasteiger partial charge is 0.156 e. The maximum Gasteiger partial charge on any atom is 0.156 e. The highest BCUT2D eigenvalue weighted by molar-refractivity contribution is 5.15. The lowest BCUT2D eigenvalue weighted by atomic mass is 10.2. The SMILES string of the molecule is N#CC1CN(Cc2ccccc2)CCO1.NCC1CN(Cc2ccccc2)CCO1. The van der Waals surface area contributed by atoms with E-state index in [1.165, 1.54) is 11.1 Å². The summed E-state index contributed by atoms with van der Waals surface area (Å²) in [5, 5.41) is 8.77. The van der Waals surface area contributed by atoms with E-state index in [-0.39, 0.29) is 12.2 Å². The number of morpholine rings is 2. The van der Waals surface area contributed by atoms with Gasteiger partial charge in [-0.3, -0.25) is 9.80 Å². The van der Waals surface area contributed by atoms with Crippen LogP contribution in [0.25, 0.3) is 0 Å². The lowest BCUT2D eigenvalue weighted by Crippen LogP contribution is -2.45. The minimum atomic E-state index is -0.262. The fraction of sp³-hybridized carbons (Fsp3) is 0.458. The van der Waals surface area contributed by atoms with E-state index < -0.39 is 0 Å². The first-order valence-corrected chi connectivity index (χ1v) is 10.6. The maximum atomic E-state index is 8.77. The van der Waals surface area contributed by atoms with Gasteiger partial charge in [-0.1, -0.05) is 60.7 Å². The van der Waals surface area contributed by atoms with E-state index in [4.69, 9.17) is 20.5 Å². The van der Waals surface area contributed by atoms with E-state index in [1.807, 2.05) is 24.3 Å². The summed E-state index contributed by atoms with van der Waals surface area (Å²) in [5.41, 5.74) is 8.25. The number of nitrogens with two attached hydrogens (primary N) is 1. The number of ether oxygens (including phenoxy) is 2. The van der Waals surface area contributed by atoms with Gasteiger partial charge in [-0.25, -0.2) is 0 Å². The molecule has 0 radical (unpaired) electrons. The Labute approximate surface area is 179 Å². The molecule has 0 bridgehead atoms. The van der Waals surface area contributed by atoms with Gasteiger partial charge in [-0.15, -0.1) is 0 Å². The molecule has 2 aromatic rings. The minimum Gasteiger partial charge on any atom is -0.374 e. The molecule has 30 heavy (non-hydrogen) atoms. The van der Waals surface area contributed by atoms with Gasteiger partial charge >= 0.3 is 0 Å². The largest absolute Gasteiger partial charge is 0.374 e. The van der Waals surface area contributed by atoms with Crippen LogP contribution in [0.2, 0.25) is 0 Å². The first-order valence-electron chi connectivity index (χ1n) is 10.6. The van der Waals surface area contributed by atoms with Gasteiger partial charge in [-0.2, -0.15) is 5.26 Å². The normalized spacial score (nSPS) is 22.5. The second kappa shape index (κ2) is 12.4. The molecule has 6 nitrogen and oxygen atoms in total. The van der Waals surface area contributed by atoms with Crippen molar-refractivity contribution < 1.29 is 9.47 Å². The van der Waals surface area contributed by atoms with Crippen molar-refractivity contribution in [2.45, 2.75) is 25.3 Å². The van der Waals surface area contributed by atoms with Gasteiger partial charge in [0.2, 0.25) is 0 Å². The van der Waals surface area contributed by atoms with Crippen LogP contribution in [0.1, 0.15) is 11.1 Å². The Hall–Kier alpha value is -2.27. The molecule has 0 saturated carbocycles. The molecule has 0 amide bonds. The first-order chi connectivity index (χ1) is 14.8. The van der Waals surface area contributed by atoms with Crippen LogP contribution in [-0.2, 0) is 22.6 Å². The highest BCUT2D eigenvalue weighted by atomic mass is 16.5.